The number of carbonyl (C=O) groups excluding carboxylic acids is 2. The van der Waals surface area contributed by atoms with Gasteiger partial charge in [-0.2, -0.15) is 0 Å². The zero-order valence-electron chi connectivity index (χ0n) is 10.5. The van der Waals surface area contributed by atoms with E-state index >= 15 is 0 Å². The molecule has 0 aliphatic rings. The maximum absolute atomic E-state index is 11.9. The molecule has 0 saturated heterocycles. The number of benzene rings is 1. The number of alkyl halides is 1. The zero-order valence-corrected chi connectivity index (χ0v) is 12.1. The molecule has 1 rings (SSSR count). The molecule has 18 heavy (non-hydrogen) atoms. The van der Waals surface area contributed by atoms with E-state index in [1.807, 2.05) is 13.8 Å². The quantitative estimate of drug-likeness (QED) is 0.821. The summed E-state index contributed by atoms with van der Waals surface area (Å²) >= 11 is 3.07. The fraction of sp³-hybridized carbons (Fsp3) is 0.385. The number of hydrogen-bond acceptors (Lipinski definition) is 2. The average molecular weight is 313 g/mol. The van der Waals surface area contributed by atoms with Gasteiger partial charge in [0, 0.05) is 17.3 Å². The van der Waals surface area contributed by atoms with Gasteiger partial charge in [-0.3, -0.25) is 9.59 Å². The Labute approximate surface area is 115 Å². The Bertz CT molecular complexity index is 435. The van der Waals surface area contributed by atoms with Gasteiger partial charge in [0.05, 0.1) is 5.33 Å². The predicted octanol–water partition coefficient (Wildman–Crippen LogP) is 2.55. The number of nitrogens with one attached hydrogen (secondary N) is 2. The van der Waals surface area contributed by atoms with E-state index in [-0.39, 0.29) is 23.2 Å². The number of halogens is 1. The predicted molar refractivity (Wildman–Crippen MR) is 76.1 cm³/mol. The smallest absolute Gasteiger partial charge is 0.251 e. The number of anilines is 1. The van der Waals surface area contributed by atoms with E-state index in [4.69, 9.17) is 0 Å². The summed E-state index contributed by atoms with van der Waals surface area (Å²) in [6.45, 7) is 3.96. The average Bonchev–Trinajstić information content (AvgIpc) is 2.38. The third-order valence-corrected chi connectivity index (χ3v) is 3.03. The molecule has 0 unspecified atom stereocenters. The monoisotopic (exact) mass is 312 g/mol. The second-order valence-electron chi connectivity index (χ2n) is 4.05. The molecule has 0 aliphatic carbocycles. The molecule has 0 saturated carbocycles. The first-order valence-corrected chi connectivity index (χ1v) is 6.95. The number of carbonyl (C=O) groups is 2. The molecule has 5 heteroatoms. The van der Waals surface area contributed by atoms with Crippen molar-refractivity contribution in [2.24, 2.45) is 0 Å². The highest BCUT2D eigenvalue weighted by molar-refractivity contribution is 9.09. The van der Waals surface area contributed by atoms with Crippen LogP contribution < -0.4 is 10.6 Å². The fourth-order valence-corrected chi connectivity index (χ4v) is 1.48. The Balaban J connectivity index is 2.75. The van der Waals surface area contributed by atoms with Crippen LogP contribution in [0.5, 0.6) is 0 Å². The summed E-state index contributed by atoms with van der Waals surface area (Å²) in [7, 11) is 0. The van der Waals surface area contributed by atoms with Crippen LogP contribution in [0.4, 0.5) is 5.69 Å². The number of amides is 2. The molecule has 0 radical (unpaired) electrons. The van der Waals surface area contributed by atoms with Crippen molar-refractivity contribution in [3.05, 3.63) is 29.8 Å². The van der Waals surface area contributed by atoms with E-state index in [1.165, 1.54) is 0 Å². The molecule has 1 aromatic rings. The van der Waals surface area contributed by atoms with Crippen LogP contribution in [0.2, 0.25) is 0 Å². The summed E-state index contributed by atoms with van der Waals surface area (Å²) in [5, 5.41) is 5.80. The van der Waals surface area contributed by atoms with E-state index in [1.54, 1.807) is 24.3 Å². The normalized spacial score (nSPS) is 11.7. The third kappa shape index (κ3) is 4.49. The van der Waals surface area contributed by atoms with Crippen LogP contribution in [0.1, 0.15) is 30.6 Å². The number of rotatable bonds is 5. The lowest BCUT2D eigenvalue weighted by Crippen LogP contribution is -2.31. The molecular formula is C13H17BrN2O2. The van der Waals surface area contributed by atoms with Gasteiger partial charge in [0.2, 0.25) is 5.91 Å². The molecule has 0 bridgehead atoms. The molecule has 0 aliphatic heterocycles. The standard InChI is InChI=1S/C13H17BrN2O2/c1-3-9(2)15-13(18)10-5-4-6-11(7-10)16-12(17)8-14/h4-7,9H,3,8H2,1-2H3,(H,15,18)(H,16,17)/t9-/m0/s1. The molecule has 0 aromatic heterocycles. The Morgan fingerprint density at radius 2 is 2.11 bits per heavy atom. The molecule has 2 amide bonds. The molecule has 0 heterocycles. The minimum Gasteiger partial charge on any atom is -0.350 e. The van der Waals surface area contributed by atoms with Gasteiger partial charge in [0.1, 0.15) is 0 Å². The van der Waals surface area contributed by atoms with Gasteiger partial charge in [0.25, 0.3) is 5.91 Å². The van der Waals surface area contributed by atoms with Crippen molar-refractivity contribution in [2.45, 2.75) is 26.3 Å². The van der Waals surface area contributed by atoms with Gasteiger partial charge in [0.15, 0.2) is 0 Å². The molecule has 0 fully saturated rings. The van der Waals surface area contributed by atoms with Crippen LogP contribution in [0.25, 0.3) is 0 Å². The topological polar surface area (TPSA) is 58.2 Å². The van der Waals surface area contributed by atoms with Crippen LogP contribution in [-0.4, -0.2) is 23.2 Å². The van der Waals surface area contributed by atoms with Gasteiger partial charge in [-0.25, -0.2) is 0 Å². The van der Waals surface area contributed by atoms with Crippen LogP contribution in [0.3, 0.4) is 0 Å². The summed E-state index contributed by atoms with van der Waals surface area (Å²) in [5.74, 6) is -0.270. The Hall–Kier alpha value is -1.36. The van der Waals surface area contributed by atoms with Crippen molar-refractivity contribution < 1.29 is 9.59 Å². The van der Waals surface area contributed by atoms with Gasteiger partial charge >= 0.3 is 0 Å². The Morgan fingerprint density at radius 3 is 2.72 bits per heavy atom. The second kappa shape index (κ2) is 7.16. The van der Waals surface area contributed by atoms with Crippen molar-refractivity contribution in [2.75, 3.05) is 10.6 Å². The van der Waals surface area contributed by atoms with E-state index in [9.17, 15) is 9.59 Å². The molecule has 2 N–H and O–H groups in total. The van der Waals surface area contributed by atoms with E-state index < -0.39 is 0 Å². The summed E-state index contributed by atoms with van der Waals surface area (Å²) in [6.07, 6.45) is 0.881. The van der Waals surface area contributed by atoms with Crippen LogP contribution >= 0.6 is 15.9 Å². The highest BCUT2D eigenvalue weighted by atomic mass is 79.9. The minimum absolute atomic E-state index is 0.126. The van der Waals surface area contributed by atoms with Gasteiger partial charge in [-0.05, 0) is 31.5 Å². The van der Waals surface area contributed by atoms with Gasteiger partial charge in [-0.1, -0.05) is 28.9 Å². The van der Waals surface area contributed by atoms with Gasteiger partial charge < -0.3 is 10.6 Å². The lowest BCUT2D eigenvalue weighted by Gasteiger charge is -2.12. The van der Waals surface area contributed by atoms with E-state index in [0.717, 1.165) is 6.42 Å². The minimum atomic E-state index is -0.144. The molecule has 1 aromatic carbocycles. The lowest BCUT2D eigenvalue weighted by atomic mass is 10.1. The lowest BCUT2D eigenvalue weighted by molar-refractivity contribution is -0.113. The molecule has 4 nitrogen and oxygen atoms in total. The van der Waals surface area contributed by atoms with E-state index in [0.29, 0.717) is 11.3 Å². The first-order valence-electron chi connectivity index (χ1n) is 5.83. The molecule has 1 atom stereocenters. The number of hydrogen-bond donors (Lipinski definition) is 2. The maximum atomic E-state index is 11.9. The van der Waals surface area contributed by atoms with Crippen LogP contribution in [-0.2, 0) is 4.79 Å². The first-order chi connectivity index (χ1) is 8.56. The zero-order chi connectivity index (χ0) is 13.5. The highest BCUT2D eigenvalue weighted by Gasteiger charge is 2.09. The third-order valence-electron chi connectivity index (χ3n) is 2.52. The van der Waals surface area contributed by atoms with Crippen LogP contribution in [0.15, 0.2) is 24.3 Å². The largest absolute Gasteiger partial charge is 0.350 e. The summed E-state index contributed by atoms with van der Waals surface area (Å²) in [5.41, 5.74) is 1.17. The SMILES string of the molecule is CC[C@H](C)NC(=O)c1cccc(NC(=O)CBr)c1. The van der Waals surface area contributed by atoms with Crippen molar-refractivity contribution in [1.82, 2.24) is 5.32 Å². The summed E-state index contributed by atoms with van der Waals surface area (Å²) < 4.78 is 0. The van der Waals surface area contributed by atoms with Gasteiger partial charge in [-0.15, -0.1) is 0 Å². The highest BCUT2D eigenvalue weighted by Crippen LogP contribution is 2.11. The van der Waals surface area contributed by atoms with Crippen molar-refractivity contribution in [3.63, 3.8) is 0 Å². The Morgan fingerprint density at radius 1 is 1.39 bits per heavy atom. The molecule has 98 valence electrons. The molecular weight excluding hydrogens is 296 g/mol. The summed E-state index contributed by atoms with van der Waals surface area (Å²) in [6, 6.07) is 7.02. The first kappa shape index (κ1) is 14.7. The Kier molecular flexibility index (Phi) is 5.85. The van der Waals surface area contributed by atoms with Crippen molar-refractivity contribution >= 4 is 33.4 Å². The van der Waals surface area contributed by atoms with E-state index in [2.05, 4.69) is 26.6 Å². The van der Waals surface area contributed by atoms with Crippen molar-refractivity contribution in [3.8, 4) is 0 Å². The second-order valence-corrected chi connectivity index (χ2v) is 4.61. The fourth-order valence-electron chi connectivity index (χ4n) is 1.34. The summed E-state index contributed by atoms with van der Waals surface area (Å²) in [4.78, 5) is 23.1. The van der Waals surface area contributed by atoms with Crippen molar-refractivity contribution in [1.29, 1.82) is 0 Å². The van der Waals surface area contributed by atoms with Crippen LogP contribution in [0, 0.1) is 0 Å². The molecule has 0 spiro atoms. The maximum Gasteiger partial charge on any atom is 0.251 e.